The van der Waals surface area contributed by atoms with E-state index in [2.05, 4.69) is 11.0 Å². The van der Waals surface area contributed by atoms with E-state index in [4.69, 9.17) is 19.7 Å². The van der Waals surface area contributed by atoms with Gasteiger partial charge in [0, 0.05) is 41.5 Å². The molecule has 0 aliphatic carbocycles. The summed E-state index contributed by atoms with van der Waals surface area (Å²) in [5.74, 6) is 0.859. The maximum atomic E-state index is 11.7. The average Bonchev–Trinajstić information content (AvgIpc) is 3.00. The summed E-state index contributed by atoms with van der Waals surface area (Å²) in [5, 5.41) is 8.86. The fourth-order valence-electron chi connectivity index (χ4n) is 3.81. The lowest BCUT2D eigenvalue weighted by Gasteiger charge is -2.29. The molecule has 0 aromatic heterocycles. The van der Waals surface area contributed by atoms with Gasteiger partial charge in [0.25, 0.3) is 5.91 Å². The number of nitrogens with zero attached hydrogens (tertiary/aromatic N) is 2. The number of rotatable bonds is 3. The van der Waals surface area contributed by atoms with Crippen molar-refractivity contribution >= 4 is 23.0 Å². The monoisotopic (exact) mass is 415 g/mol. The van der Waals surface area contributed by atoms with Crippen molar-refractivity contribution in [2.75, 3.05) is 31.2 Å². The molecule has 156 valence electrons. The largest absolute Gasteiger partial charge is 0.454 e. The molecule has 0 radical (unpaired) electrons. The first-order chi connectivity index (χ1) is 15.2. The molecular formula is C24H21N3O4. The zero-order valence-corrected chi connectivity index (χ0v) is 16.7. The number of ether oxygens (including phenoxy) is 2. The summed E-state index contributed by atoms with van der Waals surface area (Å²) in [4.78, 5) is 18.9. The van der Waals surface area contributed by atoms with Crippen LogP contribution in [0.5, 0.6) is 11.5 Å². The van der Waals surface area contributed by atoms with E-state index in [9.17, 15) is 4.79 Å². The normalized spacial score (nSPS) is 15.1. The Labute approximate surface area is 179 Å². The molecule has 31 heavy (non-hydrogen) atoms. The number of para-hydroxylation sites is 2. The number of fused-ring (bicyclic) bond motifs is 2. The summed E-state index contributed by atoms with van der Waals surface area (Å²) in [5.41, 5.74) is 6.29. The van der Waals surface area contributed by atoms with Gasteiger partial charge in [-0.05, 0) is 36.4 Å². The number of hydrogen-bond acceptors (Lipinski definition) is 6. The number of anilines is 1. The molecule has 3 aromatic carbocycles. The van der Waals surface area contributed by atoms with E-state index < -0.39 is 5.91 Å². The van der Waals surface area contributed by atoms with E-state index in [1.165, 1.54) is 0 Å². The number of carbonyl (C=O) groups is 1. The second kappa shape index (κ2) is 8.22. The lowest BCUT2D eigenvalue weighted by Crippen LogP contribution is -2.36. The first-order valence-electron chi connectivity index (χ1n) is 10.1. The number of hydroxylamine groups is 1. The summed E-state index contributed by atoms with van der Waals surface area (Å²) < 4.78 is 11.8. The molecule has 2 N–H and O–H groups in total. The second-order valence-electron chi connectivity index (χ2n) is 7.33. The smallest absolute Gasteiger partial charge is 0.274 e. The van der Waals surface area contributed by atoms with Crippen LogP contribution in [-0.4, -0.2) is 43.1 Å². The van der Waals surface area contributed by atoms with Crippen LogP contribution < -0.4 is 15.1 Å². The molecule has 1 fully saturated rings. The van der Waals surface area contributed by atoms with Crippen LogP contribution in [0.2, 0.25) is 0 Å². The quantitative estimate of drug-likeness (QED) is 0.391. The third kappa shape index (κ3) is 3.76. The second-order valence-corrected chi connectivity index (χ2v) is 7.33. The SMILES string of the molecule is O=C(NO)c1ccc(C2=Nc3ccccc3Oc3cc(N4CCOCC4)ccc32)cc1. The maximum Gasteiger partial charge on any atom is 0.274 e. The number of aliphatic imine (C=N–C) groups is 1. The van der Waals surface area contributed by atoms with Crippen LogP contribution in [0, 0.1) is 0 Å². The highest BCUT2D eigenvalue weighted by Gasteiger charge is 2.22. The van der Waals surface area contributed by atoms with Crippen molar-refractivity contribution in [2.45, 2.75) is 0 Å². The molecule has 3 aromatic rings. The van der Waals surface area contributed by atoms with Gasteiger partial charge in [-0.1, -0.05) is 24.3 Å². The number of carbonyl (C=O) groups excluding carboxylic acids is 1. The Bertz CT molecular complexity index is 1150. The highest BCUT2D eigenvalue weighted by Crippen LogP contribution is 2.40. The first kappa shape index (κ1) is 19.3. The van der Waals surface area contributed by atoms with Crippen LogP contribution in [0.25, 0.3) is 0 Å². The zero-order chi connectivity index (χ0) is 21.2. The lowest BCUT2D eigenvalue weighted by atomic mass is 9.99. The Kier molecular flexibility index (Phi) is 5.11. The van der Waals surface area contributed by atoms with Gasteiger partial charge in [-0.25, -0.2) is 10.5 Å². The number of morpholine rings is 1. The van der Waals surface area contributed by atoms with Gasteiger partial charge in [0.05, 0.1) is 18.9 Å². The minimum Gasteiger partial charge on any atom is -0.454 e. The summed E-state index contributed by atoms with van der Waals surface area (Å²) in [6.07, 6.45) is 0. The van der Waals surface area contributed by atoms with Crippen LogP contribution in [-0.2, 0) is 4.74 Å². The fourth-order valence-corrected chi connectivity index (χ4v) is 3.81. The minimum atomic E-state index is -0.557. The number of hydrogen-bond donors (Lipinski definition) is 2. The third-order valence-electron chi connectivity index (χ3n) is 5.44. The van der Waals surface area contributed by atoms with E-state index in [0.717, 1.165) is 47.1 Å². The topological polar surface area (TPSA) is 83.4 Å². The summed E-state index contributed by atoms with van der Waals surface area (Å²) in [6.45, 7) is 3.10. The van der Waals surface area contributed by atoms with Gasteiger partial charge in [-0.2, -0.15) is 0 Å². The van der Waals surface area contributed by atoms with Crippen molar-refractivity contribution in [1.29, 1.82) is 0 Å². The van der Waals surface area contributed by atoms with Crippen LogP contribution in [0.4, 0.5) is 11.4 Å². The highest BCUT2D eigenvalue weighted by atomic mass is 16.5. The van der Waals surface area contributed by atoms with Gasteiger partial charge in [0.1, 0.15) is 11.4 Å². The molecule has 1 amide bonds. The molecule has 0 bridgehead atoms. The average molecular weight is 415 g/mol. The van der Waals surface area contributed by atoms with Gasteiger partial charge in [0.15, 0.2) is 5.75 Å². The van der Waals surface area contributed by atoms with Crippen molar-refractivity contribution in [3.05, 3.63) is 83.4 Å². The molecule has 2 aliphatic heterocycles. The van der Waals surface area contributed by atoms with Crippen LogP contribution >= 0.6 is 0 Å². The number of nitrogens with one attached hydrogen (secondary N) is 1. The third-order valence-corrected chi connectivity index (χ3v) is 5.44. The standard InChI is InChI=1S/C24H21N3O4/c28-24(26-29)17-7-5-16(6-8-17)23-19-10-9-18(27-11-13-30-14-12-27)15-22(19)31-21-4-2-1-3-20(21)25-23/h1-10,15,29H,11-14H2,(H,26,28). The van der Waals surface area contributed by atoms with Crippen LogP contribution in [0.15, 0.2) is 71.7 Å². The van der Waals surface area contributed by atoms with Gasteiger partial charge in [0.2, 0.25) is 0 Å². The summed E-state index contributed by atoms with van der Waals surface area (Å²) in [7, 11) is 0. The fraction of sp³-hybridized carbons (Fsp3) is 0.167. The predicted molar refractivity (Wildman–Crippen MR) is 117 cm³/mol. The van der Waals surface area contributed by atoms with Crippen molar-refractivity contribution in [1.82, 2.24) is 5.48 Å². The van der Waals surface area contributed by atoms with Crippen LogP contribution in [0.1, 0.15) is 21.5 Å². The molecule has 0 atom stereocenters. The van der Waals surface area contributed by atoms with E-state index in [1.54, 1.807) is 17.6 Å². The molecule has 5 rings (SSSR count). The summed E-state index contributed by atoms with van der Waals surface area (Å²) in [6, 6.07) is 20.8. The molecule has 2 aliphatic rings. The van der Waals surface area contributed by atoms with Crippen molar-refractivity contribution in [2.24, 2.45) is 4.99 Å². The summed E-state index contributed by atoms with van der Waals surface area (Å²) >= 11 is 0. The van der Waals surface area contributed by atoms with E-state index in [0.29, 0.717) is 24.5 Å². The van der Waals surface area contributed by atoms with E-state index in [-0.39, 0.29) is 0 Å². The molecule has 1 saturated heterocycles. The number of benzene rings is 3. The van der Waals surface area contributed by atoms with Crippen molar-refractivity contribution in [3.63, 3.8) is 0 Å². The molecular weight excluding hydrogens is 394 g/mol. The number of amides is 1. The minimum absolute atomic E-state index is 0.361. The van der Waals surface area contributed by atoms with E-state index >= 15 is 0 Å². The Hall–Kier alpha value is -3.68. The van der Waals surface area contributed by atoms with Crippen molar-refractivity contribution in [3.8, 4) is 11.5 Å². The van der Waals surface area contributed by atoms with Gasteiger partial charge in [-0.3, -0.25) is 10.0 Å². The highest BCUT2D eigenvalue weighted by molar-refractivity contribution is 6.16. The van der Waals surface area contributed by atoms with Gasteiger partial charge in [-0.15, -0.1) is 0 Å². The van der Waals surface area contributed by atoms with Gasteiger partial charge >= 0.3 is 0 Å². The van der Waals surface area contributed by atoms with Crippen LogP contribution in [0.3, 0.4) is 0 Å². The van der Waals surface area contributed by atoms with E-state index in [1.807, 2.05) is 48.5 Å². The lowest BCUT2D eigenvalue weighted by molar-refractivity contribution is 0.0706. The zero-order valence-electron chi connectivity index (χ0n) is 16.7. The molecule has 0 unspecified atom stereocenters. The maximum absolute atomic E-state index is 11.7. The first-order valence-corrected chi connectivity index (χ1v) is 10.1. The molecule has 7 heteroatoms. The Morgan fingerprint density at radius 2 is 1.74 bits per heavy atom. The Morgan fingerprint density at radius 1 is 0.968 bits per heavy atom. The predicted octanol–water partition coefficient (Wildman–Crippen LogP) is 3.92. The van der Waals surface area contributed by atoms with Gasteiger partial charge < -0.3 is 14.4 Å². The van der Waals surface area contributed by atoms with Crippen molar-refractivity contribution < 1.29 is 19.5 Å². The molecule has 7 nitrogen and oxygen atoms in total. The molecule has 2 heterocycles. The Balaban J connectivity index is 1.60. The molecule has 0 saturated carbocycles. The molecule has 0 spiro atoms. The Morgan fingerprint density at radius 3 is 2.52 bits per heavy atom.